The van der Waals surface area contributed by atoms with Crippen LogP contribution in [-0.4, -0.2) is 77.1 Å². The summed E-state index contributed by atoms with van der Waals surface area (Å²) in [5, 5.41) is 0.0589. The van der Waals surface area contributed by atoms with Gasteiger partial charge in [0.15, 0.2) is 0 Å². The van der Waals surface area contributed by atoms with E-state index in [1.165, 1.54) is 16.4 Å². The molecule has 2 aromatic carbocycles. The number of nitrogens with zero attached hydrogens (tertiary/aromatic N) is 4. The Morgan fingerprint density at radius 1 is 1.15 bits per heavy atom. The molecule has 3 atom stereocenters. The molecule has 0 spiro atoms. The van der Waals surface area contributed by atoms with Crippen LogP contribution in [0.25, 0.3) is 0 Å². The van der Waals surface area contributed by atoms with Gasteiger partial charge in [-0.2, -0.15) is 12.9 Å². The third kappa shape index (κ3) is 5.56. The van der Waals surface area contributed by atoms with Crippen LogP contribution >= 0.6 is 23.2 Å². The van der Waals surface area contributed by atoms with Crippen molar-refractivity contribution in [1.82, 2.24) is 14.1 Å². The molecule has 0 aliphatic carbocycles. The van der Waals surface area contributed by atoms with Crippen molar-refractivity contribution in [2.24, 2.45) is 4.36 Å². The standard InChI is InChI=1S/C23H27Cl2FN4O3S/c1-28(2)18-8-9-30(14-18)34(26,32)27-17-12-19(24)22(20(25)13-17)23(31)29-10-11-33-21(15-29)16-6-4-3-5-7-16/h3-7,12-13,18,21H,8-11,14-15H2,1-2H3/t18-,21-,34?/m1/s1. The minimum Gasteiger partial charge on any atom is -0.370 e. The molecule has 0 aromatic heterocycles. The van der Waals surface area contributed by atoms with E-state index in [-0.39, 0.29) is 39.3 Å². The number of rotatable bonds is 5. The van der Waals surface area contributed by atoms with Gasteiger partial charge in [0.25, 0.3) is 16.2 Å². The average Bonchev–Trinajstić information content (AvgIpc) is 3.31. The van der Waals surface area contributed by atoms with E-state index in [0.717, 1.165) is 5.56 Å². The first-order valence-electron chi connectivity index (χ1n) is 11.0. The summed E-state index contributed by atoms with van der Waals surface area (Å²) >= 11 is 12.8. The van der Waals surface area contributed by atoms with E-state index in [1.807, 2.05) is 49.3 Å². The largest absolute Gasteiger partial charge is 0.370 e. The highest BCUT2D eigenvalue weighted by molar-refractivity contribution is 7.86. The molecule has 0 saturated carbocycles. The van der Waals surface area contributed by atoms with Crippen LogP contribution in [0.5, 0.6) is 0 Å². The number of hydrogen-bond acceptors (Lipinski definition) is 5. The lowest BCUT2D eigenvalue weighted by atomic mass is 10.1. The van der Waals surface area contributed by atoms with E-state index in [9.17, 15) is 9.00 Å². The molecule has 0 N–H and O–H groups in total. The molecule has 7 nitrogen and oxygen atoms in total. The molecule has 1 amide bonds. The predicted molar refractivity (Wildman–Crippen MR) is 133 cm³/mol. The molecule has 0 radical (unpaired) electrons. The molecule has 0 bridgehead atoms. The molecule has 34 heavy (non-hydrogen) atoms. The van der Waals surface area contributed by atoms with Crippen molar-refractivity contribution in [3.05, 3.63) is 63.6 Å². The molecule has 2 fully saturated rings. The van der Waals surface area contributed by atoms with Crippen molar-refractivity contribution in [2.45, 2.75) is 18.6 Å². The van der Waals surface area contributed by atoms with Gasteiger partial charge < -0.3 is 14.5 Å². The Hall–Kier alpha value is -1.75. The van der Waals surface area contributed by atoms with Crippen LogP contribution in [0.15, 0.2) is 46.8 Å². The average molecular weight is 529 g/mol. The van der Waals surface area contributed by atoms with Gasteiger partial charge in [-0.15, -0.1) is 3.89 Å². The fourth-order valence-electron chi connectivity index (χ4n) is 4.20. The highest BCUT2D eigenvalue weighted by Gasteiger charge is 2.32. The SMILES string of the molecule is CN(C)[C@@H]1CCN(S(=O)(F)=Nc2cc(Cl)c(C(=O)N3CCO[C@@H](c4ccccc4)C3)c(Cl)c2)C1. The quantitative estimate of drug-likeness (QED) is 0.525. The number of carbonyl (C=O) groups excluding carboxylic acids is 1. The van der Waals surface area contributed by atoms with Crippen LogP contribution in [0, 0.1) is 0 Å². The maximum Gasteiger partial charge on any atom is 0.275 e. The fourth-order valence-corrected chi connectivity index (χ4v) is 6.01. The third-order valence-corrected chi connectivity index (χ3v) is 8.16. The van der Waals surface area contributed by atoms with Crippen LogP contribution < -0.4 is 0 Å². The lowest BCUT2D eigenvalue weighted by Gasteiger charge is -2.33. The number of benzene rings is 2. The van der Waals surface area contributed by atoms with E-state index < -0.39 is 10.3 Å². The predicted octanol–water partition coefficient (Wildman–Crippen LogP) is 4.74. The Morgan fingerprint density at radius 3 is 2.44 bits per heavy atom. The van der Waals surface area contributed by atoms with Gasteiger partial charge in [-0.3, -0.25) is 4.79 Å². The lowest BCUT2D eigenvalue weighted by molar-refractivity contribution is -0.0228. The lowest BCUT2D eigenvalue weighted by Crippen LogP contribution is -2.42. The Balaban J connectivity index is 1.54. The number of ether oxygens (including phenoxy) is 1. The summed E-state index contributed by atoms with van der Waals surface area (Å²) in [5.74, 6) is -0.347. The smallest absolute Gasteiger partial charge is 0.275 e. The van der Waals surface area contributed by atoms with Crippen molar-refractivity contribution in [2.75, 3.05) is 46.9 Å². The van der Waals surface area contributed by atoms with Gasteiger partial charge in [-0.25, -0.2) is 0 Å². The Bertz CT molecular complexity index is 1150. The summed E-state index contributed by atoms with van der Waals surface area (Å²) in [6.45, 7) is 1.76. The highest BCUT2D eigenvalue weighted by atomic mass is 35.5. The van der Waals surface area contributed by atoms with Crippen LogP contribution in [0.4, 0.5) is 9.57 Å². The van der Waals surface area contributed by atoms with Crippen molar-refractivity contribution < 1.29 is 17.6 Å². The minimum absolute atomic E-state index is 0.0245. The maximum absolute atomic E-state index is 15.0. The van der Waals surface area contributed by atoms with E-state index in [4.69, 9.17) is 27.9 Å². The molecular formula is C23H27Cl2FN4O3S. The number of halogens is 3. The first-order valence-corrected chi connectivity index (χ1v) is 13.1. The first kappa shape index (κ1) is 25.3. The summed E-state index contributed by atoms with van der Waals surface area (Å²) in [4.78, 5) is 16.9. The van der Waals surface area contributed by atoms with Crippen molar-refractivity contribution in [1.29, 1.82) is 0 Å². The zero-order valence-electron chi connectivity index (χ0n) is 19.0. The third-order valence-electron chi connectivity index (χ3n) is 6.16. The second-order valence-corrected chi connectivity index (χ2v) is 11.0. The van der Waals surface area contributed by atoms with Gasteiger partial charge in [-0.1, -0.05) is 53.5 Å². The molecular weight excluding hydrogens is 502 g/mol. The van der Waals surface area contributed by atoms with Crippen LogP contribution in [0.3, 0.4) is 0 Å². The van der Waals surface area contributed by atoms with Crippen molar-refractivity contribution in [3.8, 4) is 0 Å². The molecule has 2 aliphatic rings. The topological polar surface area (TPSA) is 65.5 Å². The van der Waals surface area contributed by atoms with Crippen LogP contribution in [0.1, 0.15) is 28.4 Å². The molecule has 2 aromatic rings. The highest BCUT2D eigenvalue weighted by Crippen LogP contribution is 2.34. The van der Waals surface area contributed by atoms with Gasteiger partial charge in [0, 0.05) is 25.7 Å². The number of amides is 1. The maximum atomic E-state index is 15.0. The first-order chi connectivity index (χ1) is 16.2. The summed E-state index contributed by atoms with van der Waals surface area (Å²) in [6.07, 6.45) is 0.440. The summed E-state index contributed by atoms with van der Waals surface area (Å²) in [7, 11) is -0.352. The molecule has 2 heterocycles. The second-order valence-electron chi connectivity index (χ2n) is 8.62. The molecule has 4 rings (SSSR count). The Labute approximate surface area is 210 Å². The van der Waals surface area contributed by atoms with Gasteiger partial charge >= 0.3 is 0 Å². The number of morpholine rings is 1. The monoisotopic (exact) mass is 528 g/mol. The van der Waals surface area contributed by atoms with Gasteiger partial charge in [0.2, 0.25) is 0 Å². The normalized spacial score (nSPS) is 23.2. The zero-order valence-corrected chi connectivity index (χ0v) is 21.3. The van der Waals surface area contributed by atoms with Crippen molar-refractivity contribution >= 4 is 45.1 Å². The van der Waals surface area contributed by atoms with Crippen LogP contribution in [0.2, 0.25) is 10.0 Å². The summed E-state index contributed by atoms with van der Waals surface area (Å²) < 4.78 is 38.6. The molecule has 11 heteroatoms. The fraction of sp³-hybridized carbons (Fsp3) is 0.435. The number of likely N-dealkylation sites (N-methyl/N-ethyl adjacent to an activating group) is 1. The second kappa shape index (κ2) is 10.5. The van der Waals surface area contributed by atoms with Crippen molar-refractivity contribution in [3.63, 3.8) is 0 Å². The number of hydrogen-bond donors (Lipinski definition) is 0. The van der Waals surface area contributed by atoms with E-state index >= 15 is 3.89 Å². The van der Waals surface area contributed by atoms with E-state index in [1.54, 1.807) is 4.90 Å². The molecule has 2 aliphatic heterocycles. The molecule has 184 valence electrons. The zero-order chi connectivity index (χ0) is 24.5. The summed E-state index contributed by atoms with van der Waals surface area (Å²) in [6, 6.07) is 12.4. The van der Waals surface area contributed by atoms with E-state index in [2.05, 4.69) is 4.36 Å². The van der Waals surface area contributed by atoms with Gasteiger partial charge in [0.05, 0.1) is 34.4 Å². The molecule has 2 saturated heterocycles. The minimum atomic E-state index is -4.15. The molecule has 1 unspecified atom stereocenters. The van der Waals surface area contributed by atoms with E-state index in [0.29, 0.717) is 39.2 Å². The van der Waals surface area contributed by atoms with Gasteiger partial charge in [-0.05, 0) is 38.2 Å². The van der Waals surface area contributed by atoms with Crippen LogP contribution in [-0.2, 0) is 15.0 Å². The Kier molecular flexibility index (Phi) is 7.81. The number of carbonyl (C=O) groups is 1. The van der Waals surface area contributed by atoms with Gasteiger partial charge in [0.1, 0.15) is 6.10 Å². The Morgan fingerprint density at radius 2 is 1.82 bits per heavy atom. The summed E-state index contributed by atoms with van der Waals surface area (Å²) in [5.41, 5.74) is 1.11.